The third-order valence-corrected chi connectivity index (χ3v) is 4.62. The number of nitrogens with one attached hydrogen (secondary N) is 3. The number of carbonyl (C=O) groups excluding carboxylic acids is 2. The van der Waals surface area contributed by atoms with E-state index in [1.807, 2.05) is 0 Å². The highest BCUT2D eigenvalue weighted by Gasteiger charge is 2.34. The lowest BCUT2D eigenvalue weighted by Crippen LogP contribution is -2.39. The van der Waals surface area contributed by atoms with E-state index in [-0.39, 0.29) is 29.8 Å². The number of hydrogen-bond acceptors (Lipinski definition) is 4. The second-order valence-electron chi connectivity index (χ2n) is 7.35. The molecule has 2 aromatic carbocycles. The van der Waals surface area contributed by atoms with Gasteiger partial charge in [-0.25, -0.2) is 18.2 Å². The van der Waals surface area contributed by atoms with Crippen LogP contribution in [-0.4, -0.2) is 46.3 Å². The lowest BCUT2D eigenvalue weighted by Gasteiger charge is -2.20. The van der Waals surface area contributed by atoms with Crippen molar-refractivity contribution in [3.05, 3.63) is 53.6 Å². The summed E-state index contributed by atoms with van der Waals surface area (Å²) in [6.07, 6.45) is -4.09. The molecule has 1 heterocycles. The second kappa shape index (κ2) is 10.1. The number of fused-ring (bicyclic) bond motifs is 1. The van der Waals surface area contributed by atoms with E-state index in [2.05, 4.69) is 20.6 Å². The zero-order valence-electron chi connectivity index (χ0n) is 17.7. The molecule has 0 aliphatic heterocycles. The summed E-state index contributed by atoms with van der Waals surface area (Å²) in [6, 6.07) is 5.52. The molecule has 182 valence electrons. The van der Waals surface area contributed by atoms with E-state index < -0.39 is 47.0 Å². The van der Waals surface area contributed by atoms with Gasteiger partial charge in [-0.2, -0.15) is 13.2 Å². The van der Waals surface area contributed by atoms with Crippen molar-refractivity contribution < 1.29 is 35.9 Å². The number of nitrogens with zero attached hydrogens (tertiary/aromatic N) is 2. The number of amides is 2. The summed E-state index contributed by atoms with van der Waals surface area (Å²) in [7, 11) is 0. The molecule has 0 aliphatic rings. The largest absolute Gasteiger partial charge is 0.449 e. The van der Waals surface area contributed by atoms with Crippen LogP contribution < -0.4 is 10.6 Å². The topological polar surface area (TPSA) is 90.1 Å². The van der Waals surface area contributed by atoms with E-state index in [1.165, 1.54) is 23.1 Å². The lowest BCUT2D eigenvalue weighted by atomic mass is 10.2. The molecule has 0 unspecified atom stereocenters. The molecule has 13 heteroatoms. The summed E-state index contributed by atoms with van der Waals surface area (Å²) in [4.78, 5) is 31.7. The normalized spacial score (nSPS) is 11.8. The number of halogens is 6. The van der Waals surface area contributed by atoms with Gasteiger partial charge in [0.15, 0.2) is 17.5 Å². The summed E-state index contributed by atoms with van der Waals surface area (Å²) in [5.74, 6) is -7.15. The van der Waals surface area contributed by atoms with E-state index in [1.54, 1.807) is 6.92 Å². The molecule has 1 aromatic heterocycles. The van der Waals surface area contributed by atoms with Crippen LogP contribution in [0.1, 0.15) is 19.2 Å². The molecule has 3 N–H and O–H groups in total. The number of aromatic nitrogens is 2. The predicted octanol–water partition coefficient (Wildman–Crippen LogP) is 4.29. The monoisotopic (exact) mass is 487 g/mol. The number of anilines is 2. The van der Waals surface area contributed by atoms with Crippen LogP contribution in [-0.2, 0) is 15.8 Å². The van der Waals surface area contributed by atoms with E-state index in [4.69, 9.17) is 0 Å². The lowest BCUT2D eigenvalue weighted by molar-refractivity contribution is -0.144. The van der Waals surface area contributed by atoms with Crippen LogP contribution >= 0.6 is 0 Å². The molecular formula is C21H19F6N5O2. The molecular weight excluding hydrogens is 468 g/mol. The Labute approximate surface area is 189 Å². The van der Waals surface area contributed by atoms with Crippen LogP contribution in [0.2, 0.25) is 0 Å². The van der Waals surface area contributed by atoms with Crippen LogP contribution in [0.25, 0.3) is 11.0 Å². The number of alkyl halides is 3. The molecule has 0 atom stereocenters. The standard InChI is InChI=1S/C21H19F6N5O2/c1-2-7-32(10-17(34)29-14-6-4-12(22)18(23)19(14)24)9-16(33)28-11-3-5-13-15(8-11)31-20(30-13)21(25,26)27/h3-6,8H,2,7,9-10H2,1H3,(H,28,33)(H,29,34)(H,30,31). The number of hydrogen-bond donors (Lipinski definition) is 3. The van der Waals surface area contributed by atoms with Gasteiger partial charge >= 0.3 is 6.18 Å². The summed E-state index contributed by atoms with van der Waals surface area (Å²) in [6.45, 7) is 1.47. The highest BCUT2D eigenvalue weighted by molar-refractivity contribution is 5.95. The van der Waals surface area contributed by atoms with Crippen molar-refractivity contribution in [3.8, 4) is 0 Å². The first-order chi connectivity index (χ1) is 16.0. The fraction of sp³-hybridized carbons (Fsp3) is 0.286. The predicted molar refractivity (Wildman–Crippen MR) is 111 cm³/mol. The van der Waals surface area contributed by atoms with Gasteiger partial charge in [-0.15, -0.1) is 0 Å². The molecule has 0 bridgehead atoms. The minimum Gasteiger partial charge on any atom is -0.334 e. The Balaban J connectivity index is 1.63. The van der Waals surface area contributed by atoms with Crippen molar-refractivity contribution in [2.45, 2.75) is 19.5 Å². The first kappa shape index (κ1) is 25.0. The van der Waals surface area contributed by atoms with Crippen molar-refractivity contribution in [3.63, 3.8) is 0 Å². The summed E-state index contributed by atoms with van der Waals surface area (Å²) in [5, 5.41) is 4.65. The van der Waals surface area contributed by atoms with Gasteiger partial charge < -0.3 is 15.6 Å². The SMILES string of the molecule is CCCN(CC(=O)Nc1ccc2nc(C(F)(F)F)[nH]c2c1)CC(=O)Nc1ccc(F)c(F)c1F. The number of imidazole rings is 1. The summed E-state index contributed by atoms with van der Waals surface area (Å²) >= 11 is 0. The molecule has 0 spiro atoms. The van der Waals surface area contributed by atoms with E-state index >= 15 is 0 Å². The van der Waals surface area contributed by atoms with Crippen LogP contribution in [0.4, 0.5) is 37.7 Å². The number of rotatable bonds is 8. The molecule has 0 saturated carbocycles. The van der Waals surface area contributed by atoms with Gasteiger partial charge in [0, 0.05) is 5.69 Å². The van der Waals surface area contributed by atoms with Gasteiger partial charge in [-0.1, -0.05) is 6.92 Å². The molecule has 0 aliphatic carbocycles. The summed E-state index contributed by atoms with van der Waals surface area (Å²) < 4.78 is 78.5. The highest BCUT2D eigenvalue weighted by Crippen LogP contribution is 2.29. The zero-order chi connectivity index (χ0) is 25.0. The Bertz CT molecular complexity index is 1210. The number of H-pyrrole nitrogens is 1. The third-order valence-electron chi connectivity index (χ3n) is 4.62. The fourth-order valence-electron chi connectivity index (χ4n) is 3.17. The van der Waals surface area contributed by atoms with E-state index in [0.29, 0.717) is 19.0 Å². The molecule has 3 aromatic rings. The molecule has 3 rings (SSSR count). The van der Waals surface area contributed by atoms with Gasteiger partial charge in [-0.3, -0.25) is 14.5 Å². The Hall–Kier alpha value is -3.61. The van der Waals surface area contributed by atoms with Gasteiger partial charge in [-0.05, 0) is 43.3 Å². The van der Waals surface area contributed by atoms with Gasteiger partial charge in [0.2, 0.25) is 17.6 Å². The first-order valence-electron chi connectivity index (χ1n) is 10.0. The Kier molecular flexibility index (Phi) is 7.44. The number of aromatic amines is 1. The molecule has 0 radical (unpaired) electrons. The Morgan fingerprint density at radius 1 is 1.00 bits per heavy atom. The van der Waals surface area contributed by atoms with Gasteiger partial charge in [0.1, 0.15) is 0 Å². The van der Waals surface area contributed by atoms with E-state index in [0.717, 1.165) is 6.07 Å². The third kappa shape index (κ3) is 6.04. The molecule has 34 heavy (non-hydrogen) atoms. The molecule has 7 nitrogen and oxygen atoms in total. The van der Waals surface area contributed by atoms with Crippen LogP contribution in [0.15, 0.2) is 30.3 Å². The maximum Gasteiger partial charge on any atom is 0.449 e. The minimum atomic E-state index is -4.65. The smallest absolute Gasteiger partial charge is 0.334 e. The number of benzene rings is 2. The summed E-state index contributed by atoms with van der Waals surface area (Å²) in [5.41, 5.74) is -0.196. The Morgan fingerprint density at radius 3 is 2.32 bits per heavy atom. The van der Waals surface area contributed by atoms with Gasteiger partial charge in [0.25, 0.3) is 0 Å². The maximum absolute atomic E-state index is 13.8. The fourth-order valence-corrected chi connectivity index (χ4v) is 3.17. The molecule has 0 saturated heterocycles. The highest BCUT2D eigenvalue weighted by atomic mass is 19.4. The number of carbonyl (C=O) groups is 2. The Morgan fingerprint density at radius 2 is 1.68 bits per heavy atom. The van der Waals surface area contributed by atoms with Crippen molar-refractivity contribution in [2.75, 3.05) is 30.3 Å². The maximum atomic E-state index is 13.8. The van der Waals surface area contributed by atoms with Crippen LogP contribution in [0, 0.1) is 17.5 Å². The second-order valence-corrected chi connectivity index (χ2v) is 7.35. The van der Waals surface area contributed by atoms with Crippen LogP contribution in [0.5, 0.6) is 0 Å². The first-order valence-corrected chi connectivity index (χ1v) is 10.0. The minimum absolute atomic E-state index is 0.0686. The average molecular weight is 487 g/mol. The van der Waals surface area contributed by atoms with Gasteiger partial charge in [0.05, 0.1) is 29.8 Å². The average Bonchev–Trinajstić information content (AvgIpc) is 3.18. The van der Waals surface area contributed by atoms with Crippen molar-refractivity contribution >= 4 is 34.2 Å². The zero-order valence-corrected chi connectivity index (χ0v) is 17.7. The van der Waals surface area contributed by atoms with Crippen LogP contribution in [0.3, 0.4) is 0 Å². The molecule has 2 amide bonds. The van der Waals surface area contributed by atoms with Crippen molar-refractivity contribution in [2.24, 2.45) is 0 Å². The van der Waals surface area contributed by atoms with Crippen molar-refractivity contribution in [1.82, 2.24) is 14.9 Å². The molecule has 0 fully saturated rings. The van der Waals surface area contributed by atoms with E-state index in [9.17, 15) is 35.9 Å². The quantitative estimate of drug-likeness (QED) is 0.327. The van der Waals surface area contributed by atoms with Crippen molar-refractivity contribution in [1.29, 1.82) is 0 Å².